The molecule has 3 aromatic rings. The highest BCUT2D eigenvalue weighted by Crippen LogP contribution is 2.30. The van der Waals surface area contributed by atoms with Crippen LogP contribution in [0, 0.1) is 6.92 Å². The molecule has 0 bridgehead atoms. The molecule has 0 atom stereocenters. The Bertz CT molecular complexity index is 1110. The van der Waals surface area contributed by atoms with Crippen LogP contribution in [0.3, 0.4) is 0 Å². The maximum absolute atomic E-state index is 5.06. The predicted octanol–water partition coefficient (Wildman–Crippen LogP) is 8.48. The van der Waals surface area contributed by atoms with Crippen molar-refractivity contribution in [1.29, 1.82) is 0 Å². The SMILES string of the molecule is CC.CCC.CCCc1ccn2c(C3=NC(C)=NC(C)(C)CC3)c(-c3ccc(C)cc3)nc2c1. The van der Waals surface area contributed by atoms with Gasteiger partial charge in [-0.2, -0.15) is 0 Å². The molecule has 0 amide bonds. The van der Waals surface area contributed by atoms with E-state index in [1.54, 1.807) is 0 Å². The molecule has 1 aromatic carbocycles. The van der Waals surface area contributed by atoms with Crippen LogP contribution in [-0.2, 0) is 6.42 Å². The van der Waals surface area contributed by atoms with E-state index >= 15 is 0 Å². The number of rotatable bonds is 4. The molecule has 34 heavy (non-hydrogen) atoms. The molecular weight excluding hydrogens is 416 g/mol. The minimum atomic E-state index is -0.0891. The third-order valence-corrected chi connectivity index (χ3v) is 5.56. The Morgan fingerprint density at radius 1 is 0.971 bits per heavy atom. The largest absolute Gasteiger partial charge is 0.298 e. The first-order valence-corrected chi connectivity index (χ1v) is 13.0. The summed E-state index contributed by atoms with van der Waals surface area (Å²) < 4.78 is 2.21. The van der Waals surface area contributed by atoms with E-state index in [0.29, 0.717) is 0 Å². The van der Waals surface area contributed by atoms with Gasteiger partial charge < -0.3 is 0 Å². The lowest BCUT2D eigenvalue weighted by molar-refractivity contribution is 0.493. The van der Waals surface area contributed by atoms with Gasteiger partial charge in [0, 0.05) is 11.8 Å². The molecule has 0 saturated heterocycles. The summed E-state index contributed by atoms with van der Waals surface area (Å²) in [5, 5.41) is 0. The van der Waals surface area contributed by atoms with Gasteiger partial charge in [0.05, 0.1) is 22.6 Å². The summed E-state index contributed by atoms with van der Waals surface area (Å²) in [7, 11) is 0. The highest BCUT2D eigenvalue weighted by Gasteiger charge is 2.25. The summed E-state index contributed by atoms with van der Waals surface area (Å²) in [6.45, 7) is 18.9. The lowest BCUT2D eigenvalue weighted by Gasteiger charge is -2.17. The molecule has 0 N–H and O–H groups in total. The normalized spacial score (nSPS) is 14.7. The van der Waals surface area contributed by atoms with E-state index in [-0.39, 0.29) is 5.54 Å². The van der Waals surface area contributed by atoms with Gasteiger partial charge in [0.1, 0.15) is 11.5 Å². The van der Waals surface area contributed by atoms with Gasteiger partial charge in [-0.25, -0.2) is 9.98 Å². The van der Waals surface area contributed by atoms with E-state index in [1.807, 2.05) is 20.8 Å². The number of aryl methyl sites for hydroxylation is 2. The first-order chi connectivity index (χ1) is 16.3. The van der Waals surface area contributed by atoms with Crippen LogP contribution in [0.25, 0.3) is 16.9 Å². The minimum Gasteiger partial charge on any atom is -0.298 e. The molecule has 0 unspecified atom stereocenters. The van der Waals surface area contributed by atoms with Crippen molar-refractivity contribution in [3.8, 4) is 11.3 Å². The number of aromatic nitrogens is 2. The second kappa shape index (κ2) is 12.6. The van der Waals surface area contributed by atoms with Crippen molar-refractivity contribution < 1.29 is 0 Å². The highest BCUT2D eigenvalue weighted by molar-refractivity contribution is 6.10. The lowest BCUT2D eigenvalue weighted by Crippen LogP contribution is -2.17. The molecule has 2 aromatic heterocycles. The molecule has 1 aliphatic heterocycles. The maximum atomic E-state index is 5.06. The van der Waals surface area contributed by atoms with Crippen LogP contribution in [-0.4, -0.2) is 26.5 Å². The van der Waals surface area contributed by atoms with Crippen LogP contribution in [0.1, 0.15) is 97.9 Å². The van der Waals surface area contributed by atoms with E-state index in [1.165, 1.54) is 17.5 Å². The first-order valence-electron chi connectivity index (χ1n) is 13.0. The van der Waals surface area contributed by atoms with Crippen LogP contribution in [0.4, 0.5) is 0 Å². The smallest absolute Gasteiger partial charge is 0.138 e. The fourth-order valence-corrected chi connectivity index (χ4v) is 4.09. The molecule has 4 rings (SSSR count). The van der Waals surface area contributed by atoms with Crippen molar-refractivity contribution in [2.24, 2.45) is 9.98 Å². The van der Waals surface area contributed by atoms with Gasteiger partial charge in [0.25, 0.3) is 0 Å². The summed E-state index contributed by atoms with van der Waals surface area (Å²) >= 11 is 0. The maximum Gasteiger partial charge on any atom is 0.138 e. The van der Waals surface area contributed by atoms with Gasteiger partial charge in [-0.1, -0.05) is 77.3 Å². The van der Waals surface area contributed by atoms with Crippen LogP contribution < -0.4 is 0 Å². The Morgan fingerprint density at radius 2 is 1.62 bits per heavy atom. The van der Waals surface area contributed by atoms with E-state index < -0.39 is 0 Å². The number of nitrogens with zero attached hydrogens (tertiary/aromatic N) is 4. The van der Waals surface area contributed by atoms with Gasteiger partial charge in [-0.15, -0.1) is 0 Å². The Morgan fingerprint density at radius 3 is 2.24 bits per heavy atom. The highest BCUT2D eigenvalue weighted by atomic mass is 15.1. The average molecular weight is 461 g/mol. The molecule has 0 fully saturated rings. The Hall–Kier alpha value is -2.75. The van der Waals surface area contributed by atoms with Crippen molar-refractivity contribution in [1.82, 2.24) is 9.38 Å². The standard InChI is InChI=1S/C25H30N4.C3H8.C2H6/c1-6-7-19-13-15-29-22(16-19)27-23(20-10-8-17(2)9-11-20)24(29)21-12-14-25(4,5)28-18(3)26-21;1-3-2;1-2/h8-11,13,15-16H,6-7,12,14H2,1-5H3;3H2,1-2H3;1-2H3. The van der Waals surface area contributed by atoms with Crippen molar-refractivity contribution in [2.45, 2.75) is 100.0 Å². The van der Waals surface area contributed by atoms with Crippen molar-refractivity contribution in [2.75, 3.05) is 0 Å². The molecule has 4 nitrogen and oxygen atoms in total. The van der Waals surface area contributed by atoms with Gasteiger partial charge in [-0.3, -0.25) is 9.39 Å². The van der Waals surface area contributed by atoms with Crippen molar-refractivity contribution in [3.05, 3.63) is 59.4 Å². The monoisotopic (exact) mass is 460 g/mol. The Labute approximate surface area is 207 Å². The van der Waals surface area contributed by atoms with E-state index in [2.05, 4.69) is 88.5 Å². The van der Waals surface area contributed by atoms with E-state index in [0.717, 1.165) is 59.8 Å². The third-order valence-electron chi connectivity index (χ3n) is 5.56. The van der Waals surface area contributed by atoms with Gasteiger partial charge in [-0.05, 0) is 64.7 Å². The van der Waals surface area contributed by atoms with Crippen molar-refractivity contribution in [3.63, 3.8) is 0 Å². The second-order valence-corrected chi connectivity index (χ2v) is 9.43. The Kier molecular flexibility index (Phi) is 10.2. The molecule has 0 radical (unpaired) electrons. The number of hydrogen-bond donors (Lipinski definition) is 0. The molecular formula is C30H44N4. The second-order valence-electron chi connectivity index (χ2n) is 9.43. The molecule has 184 valence electrons. The summed E-state index contributed by atoms with van der Waals surface area (Å²) in [5.74, 6) is 0.843. The van der Waals surface area contributed by atoms with Gasteiger partial charge in [0.2, 0.25) is 0 Å². The zero-order valence-electron chi connectivity index (χ0n) is 22.9. The fraction of sp³-hybridized carbons (Fsp3) is 0.500. The molecule has 0 saturated carbocycles. The number of aliphatic imine (C=N–C) groups is 2. The molecule has 4 heteroatoms. The zero-order valence-corrected chi connectivity index (χ0v) is 22.9. The minimum absolute atomic E-state index is 0.0891. The lowest BCUT2D eigenvalue weighted by atomic mass is 9.96. The van der Waals surface area contributed by atoms with E-state index in [4.69, 9.17) is 15.0 Å². The summed E-state index contributed by atoms with van der Waals surface area (Å²) in [6, 6.07) is 13.0. The number of imidazole rings is 1. The quantitative estimate of drug-likeness (QED) is 0.385. The molecule has 1 aliphatic rings. The fourth-order valence-electron chi connectivity index (χ4n) is 4.09. The number of hydrogen-bond acceptors (Lipinski definition) is 3. The van der Waals surface area contributed by atoms with Crippen LogP contribution in [0.2, 0.25) is 0 Å². The van der Waals surface area contributed by atoms with Crippen LogP contribution in [0.5, 0.6) is 0 Å². The molecule has 0 spiro atoms. The number of pyridine rings is 1. The third kappa shape index (κ3) is 6.88. The average Bonchev–Trinajstić information content (AvgIpc) is 3.10. The van der Waals surface area contributed by atoms with Gasteiger partial charge >= 0.3 is 0 Å². The van der Waals surface area contributed by atoms with Crippen LogP contribution in [0.15, 0.2) is 52.6 Å². The topological polar surface area (TPSA) is 42.0 Å². The first kappa shape index (κ1) is 27.5. The summed E-state index contributed by atoms with van der Waals surface area (Å²) in [5.41, 5.74) is 7.78. The van der Waals surface area contributed by atoms with Gasteiger partial charge in [0.15, 0.2) is 0 Å². The van der Waals surface area contributed by atoms with Crippen LogP contribution >= 0.6 is 0 Å². The molecule has 3 heterocycles. The summed E-state index contributed by atoms with van der Waals surface area (Å²) in [4.78, 5) is 14.8. The summed E-state index contributed by atoms with van der Waals surface area (Å²) in [6.07, 6.45) is 7.46. The number of fused-ring (bicyclic) bond motifs is 1. The van der Waals surface area contributed by atoms with Crippen molar-refractivity contribution >= 4 is 17.2 Å². The molecule has 0 aliphatic carbocycles. The number of amidine groups is 1. The Balaban J connectivity index is 0.000000758. The van der Waals surface area contributed by atoms with E-state index in [9.17, 15) is 0 Å². The zero-order chi connectivity index (χ0) is 25.3. The number of benzene rings is 1. The predicted molar refractivity (Wildman–Crippen MR) is 150 cm³/mol.